The number of nitrogens with one attached hydrogen (secondary N) is 1. The zero-order chi connectivity index (χ0) is 13.4. The van der Waals surface area contributed by atoms with Crippen LogP contribution in [0.25, 0.3) is 0 Å². The van der Waals surface area contributed by atoms with E-state index in [4.69, 9.17) is 5.11 Å². The summed E-state index contributed by atoms with van der Waals surface area (Å²) in [5.41, 5.74) is 0.805. The van der Waals surface area contributed by atoms with Crippen molar-refractivity contribution in [3.8, 4) is 0 Å². The van der Waals surface area contributed by atoms with E-state index in [9.17, 15) is 4.79 Å². The smallest absolute Gasteiger partial charge is 0.312 e. The van der Waals surface area contributed by atoms with Gasteiger partial charge in [-0.1, -0.05) is 19.8 Å². The molecule has 4 nitrogen and oxygen atoms in total. The van der Waals surface area contributed by atoms with Crippen molar-refractivity contribution in [3.05, 3.63) is 10.6 Å². The molecule has 104 valence electrons. The molecule has 3 rings (SSSR count). The molecule has 0 saturated heterocycles. The summed E-state index contributed by atoms with van der Waals surface area (Å²) in [5, 5.41) is 13.5. The summed E-state index contributed by atoms with van der Waals surface area (Å²) in [4.78, 5) is 16.8. The second-order valence-electron chi connectivity index (χ2n) is 5.81. The zero-order valence-corrected chi connectivity index (χ0v) is 12.0. The summed E-state index contributed by atoms with van der Waals surface area (Å²) in [6, 6.07) is 0. The van der Waals surface area contributed by atoms with Gasteiger partial charge < -0.3 is 10.4 Å². The second-order valence-corrected chi connectivity index (χ2v) is 6.89. The van der Waals surface area contributed by atoms with Crippen LogP contribution in [0.5, 0.6) is 0 Å². The second kappa shape index (κ2) is 5.12. The number of aromatic nitrogens is 1. The fourth-order valence-corrected chi connectivity index (χ4v) is 4.33. The lowest BCUT2D eigenvalue weighted by Crippen LogP contribution is -2.16. The number of thiazole rings is 1. The van der Waals surface area contributed by atoms with Crippen molar-refractivity contribution in [2.45, 2.75) is 44.9 Å². The van der Waals surface area contributed by atoms with Crippen molar-refractivity contribution < 1.29 is 9.90 Å². The molecule has 3 atom stereocenters. The predicted molar refractivity (Wildman–Crippen MR) is 75.8 cm³/mol. The van der Waals surface area contributed by atoms with E-state index in [-0.39, 0.29) is 5.92 Å². The van der Waals surface area contributed by atoms with Gasteiger partial charge in [-0.05, 0) is 31.1 Å². The Morgan fingerprint density at radius 2 is 2.32 bits per heavy atom. The molecule has 0 spiro atoms. The van der Waals surface area contributed by atoms with Crippen LogP contribution in [-0.4, -0.2) is 22.6 Å². The van der Waals surface area contributed by atoms with E-state index in [1.165, 1.54) is 19.3 Å². The number of aryl methyl sites for hydroxylation is 1. The molecular weight excluding hydrogens is 260 g/mol. The lowest BCUT2D eigenvalue weighted by atomic mass is 9.98. The molecule has 1 saturated carbocycles. The van der Waals surface area contributed by atoms with Crippen LogP contribution < -0.4 is 5.32 Å². The SMILES string of the molecule is CC1CCCC1CNc1nc2c(s1)CCC2C(=O)O. The Morgan fingerprint density at radius 3 is 3.00 bits per heavy atom. The minimum absolute atomic E-state index is 0.382. The van der Waals surface area contributed by atoms with Crippen LogP contribution in [-0.2, 0) is 11.2 Å². The first-order chi connectivity index (χ1) is 9.15. The predicted octanol–water partition coefficient (Wildman–Crippen LogP) is 3.11. The minimum Gasteiger partial charge on any atom is -0.481 e. The Labute approximate surface area is 117 Å². The molecule has 1 heterocycles. The monoisotopic (exact) mass is 280 g/mol. The fourth-order valence-electron chi connectivity index (χ4n) is 3.29. The standard InChI is InChI=1S/C14H20N2O2S/c1-8-3-2-4-9(8)7-15-14-16-12-10(13(17)18)5-6-11(12)19-14/h8-10H,2-7H2,1H3,(H,15,16)(H,17,18). The fraction of sp³-hybridized carbons (Fsp3) is 0.714. The van der Waals surface area contributed by atoms with Gasteiger partial charge >= 0.3 is 5.97 Å². The van der Waals surface area contributed by atoms with Crippen LogP contribution >= 0.6 is 11.3 Å². The minimum atomic E-state index is -0.736. The number of aliphatic carboxylic acids is 1. The molecule has 2 N–H and O–H groups in total. The third-order valence-electron chi connectivity index (χ3n) is 4.57. The zero-order valence-electron chi connectivity index (χ0n) is 11.2. The molecule has 0 radical (unpaired) electrons. The summed E-state index contributed by atoms with van der Waals surface area (Å²) in [7, 11) is 0. The topological polar surface area (TPSA) is 62.2 Å². The van der Waals surface area contributed by atoms with Gasteiger partial charge in [0.05, 0.1) is 5.69 Å². The molecule has 0 amide bonds. The molecule has 2 aliphatic rings. The largest absolute Gasteiger partial charge is 0.481 e. The van der Waals surface area contributed by atoms with Crippen LogP contribution in [0.1, 0.15) is 49.1 Å². The molecule has 0 aromatic carbocycles. The van der Waals surface area contributed by atoms with Gasteiger partial charge in [-0.15, -0.1) is 11.3 Å². The molecule has 5 heteroatoms. The van der Waals surface area contributed by atoms with Crippen LogP contribution in [0.2, 0.25) is 0 Å². The maximum atomic E-state index is 11.1. The van der Waals surface area contributed by atoms with Crippen molar-refractivity contribution in [1.29, 1.82) is 0 Å². The number of hydrogen-bond acceptors (Lipinski definition) is 4. The van der Waals surface area contributed by atoms with Gasteiger partial charge in [0.1, 0.15) is 5.92 Å². The summed E-state index contributed by atoms with van der Waals surface area (Å²) < 4.78 is 0. The number of carboxylic acid groups (broad SMARTS) is 1. The number of carbonyl (C=O) groups is 1. The number of carboxylic acids is 1. The Morgan fingerprint density at radius 1 is 1.47 bits per heavy atom. The van der Waals surface area contributed by atoms with Gasteiger partial charge in [0, 0.05) is 11.4 Å². The lowest BCUT2D eigenvalue weighted by molar-refractivity contribution is -0.138. The molecule has 0 aliphatic heterocycles. The van der Waals surface area contributed by atoms with Crippen molar-refractivity contribution in [3.63, 3.8) is 0 Å². The average Bonchev–Trinajstić information content (AvgIpc) is 3.00. The van der Waals surface area contributed by atoms with Crippen molar-refractivity contribution in [1.82, 2.24) is 4.98 Å². The number of hydrogen-bond donors (Lipinski definition) is 2. The highest BCUT2D eigenvalue weighted by Gasteiger charge is 2.32. The van der Waals surface area contributed by atoms with Crippen LogP contribution in [0.4, 0.5) is 5.13 Å². The van der Waals surface area contributed by atoms with Gasteiger partial charge in [-0.3, -0.25) is 4.79 Å². The van der Waals surface area contributed by atoms with Crippen molar-refractivity contribution in [2.75, 3.05) is 11.9 Å². The molecule has 1 aromatic heterocycles. The third-order valence-corrected chi connectivity index (χ3v) is 5.66. The van der Waals surface area contributed by atoms with E-state index in [0.29, 0.717) is 6.42 Å². The van der Waals surface area contributed by atoms with Gasteiger partial charge in [0.15, 0.2) is 5.13 Å². The number of rotatable bonds is 4. The van der Waals surface area contributed by atoms with Gasteiger partial charge in [0.2, 0.25) is 0 Å². The Hall–Kier alpha value is -1.10. The van der Waals surface area contributed by atoms with Crippen molar-refractivity contribution in [2.24, 2.45) is 11.8 Å². The first kappa shape index (κ1) is 12.9. The molecule has 0 bridgehead atoms. The van der Waals surface area contributed by atoms with E-state index < -0.39 is 5.97 Å². The van der Waals surface area contributed by atoms with Crippen LogP contribution in [0.3, 0.4) is 0 Å². The number of nitrogens with zero attached hydrogens (tertiary/aromatic N) is 1. The quantitative estimate of drug-likeness (QED) is 0.889. The van der Waals surface area contributed by atoms with E-state index in [2.05, 4.69) is 17.2 Å². The normalized spacial score (nSPS) is 29.4. The van der Waals surface area contributed by atoms with Crippen LogP contribution in [0, 0.1) is 11.8 Å². The number of fused-ring (bicyclic) bond motifs is 1. The molecule has 2 aliphatic carbocycles. The maximum absolute atomic E-state index is 11.1. The average molecular weight is 280 g/mol. The molecular formula is C14H20N2O2S. The Bertz CT molecular complexity index is 486. The summed E-state index contributed by atoms with van der Waals surface area (Å²) in [5.74, 6) is 0.423. The molecule has 3 unspecified atom stereocenters. The summed E-state index contributed by atoms with van der Waals surface area (Å²) >= 11 is 1.64. The highest BCUT2D eigenvalue weighted by molar-refractivity contribution is 7.15. The highest BCUT2D eigenvalue weighted by atomic mass is 32.1. The van der Waals surface area contributed by atoms with Crippen molar-refractivity contribution >= 4 is 22.4 Å². The summed E-state index contributed by atoms with van der Waals surface area (Å²) in [6.45, 7) is 3.30. The molecule has 1 fully saturated rings. The lowest BCUT2D eigenvalue weighted by Gasteiger charge is -2.15. The van der Waals surface area contributed by atoms with E-state index in [1.807, 2.05) is 0 Å². The third kappa shape index (κ3) is 2.48. The first-order valence-corrected chi connectivity index (χ1v) is 7.93. The maximum Gasteiger partial charge on any atom is 0.312 e. The summed E-state index contributed by atoms with van der Waals surface area (Å²) in [6.07, 6.45) is 5.55. The van der Waals surface area contributed by atoms with E-state index in [1.54, 1.807) is 11.3 Å². The van der Waals surface area contributed by atoms with Gasteiger partial charge in [-0.2, -0.15) is 0 Å². The highest BCUT2D eigenvalue weighted by Crippen LogP contribution is 2.39. The van der Waals surface area contributed by atoms with E-state index in [0.717, 1.165) is 40.5 Å². The number of anilines is 1. The van der Waals surface area contributed by atoms with E-state index >= 15 is 0 Å². The molecule has 19 heavy (non-hydrogen) atoms. The first-order valence-electron chi connectivity index (χ1n) is 7.11. The van der Waals surface area contributed by atoms with Gasteiger partial charge in [0.25, 0.3) is 0 Å². The Kier molecular flexibility index (Phi) is 3.48. The Balaban J connectivity index is 1.64. The van der Waals surface area contributed by atoms with Gasteiger partial charge in [-0.25, -0.2) is 4.98 Å². The molecule has 1 aromatic rings. The van der Waals surface area contributed by atoms with Crippen LogP contribution in [0.15, 0.2) is 0 Å².